The summed E-state index contributed by atoms with van der Waals surface area (Å²) in [5, 5.41) is 0. The zero-order valence-electron chi connectivity index (χ0n) is 10.9. The molecule has 0 saturated carbocycles. The molecule has 3 N–H and O–H groups in total. The Labute approximate surface area is 115 Å². The molecule has 21 heavy (non-hydrogen) atoms. The van der Waals surface area contributed by atoms with Crippen LogP contribution in [0.15, 0.2) is 6.07 Å². The van der Waals surface area contributed by atoms with Gasteiger partial charge in [-0.15, -0.1) is 0 Å². The van der Waals surface area contributed by atoms with Crippen molar-refractivity contribution in [2.45, 2.75) is 38.2 Å². The molecule has 0 bridgehead atoms. The number of anilines is 1. The van der Waals surface area contributed by atoms with E-state index in [0.29, 0.717) is 0 Å². The minimum Gasteiger partial charge on any atom is -0.455 e. The predicted molar refractivity (Wildman–Crippen MR) is 60.5 cm³/mol. The summed E-state index contributed by atoms with van der Waals surface area (Å²) >= 11 is 0. The number of aromatic nitrogens is 2. The molecule has 5 nitrogen and oxygen atoms in total. The smallest absolute Gasteiger partial charge is 0.434 e. The van der Waals surface area contributed by atoms with E-state index in [9.17, 15) is 26.3 Å². The second-order valence-corrected chi connectivity index (χ2v) is 4.33. The van der Waals surface area contributed by atoms with Crippen LogP contribution in [0, 0.1) is 0 Å². The van der Waals surface area contributed by atoms with Crippen LogP contribution in [-0.2, 0) is 0 Å². The van der Waals surface area contributed by atoms with Gasteiger partial charge in [-0.2, -0.15) is 31.3 Å². The standard InChI is InChI=1S/C10H12F6N4O/c1-4(2)7-18-5(20-17)3-6(19-7)21-8(9(11,12)13)10(14,15)16/h3-4,8H,17H2,1-2H3,(H,18,19,20). The van der Waals surface area contributed by atoms with Gasteiger partial charge in [-0.1, -0.05) is 13.8 Å². The number of hydrogen-bond acceptors (Lipinski definition) is 5. The highest BCUT2D eigenvalue weighted by atomic mass is 19.4. The van der Waals surface area contributed by atoms with Crippen LogP contribution in [0.5, 0.6) is 5.88 Å². The third kappa shape index (κ3) is 4.62. The van der Waals surface area contributed by atoms with Crippen molar-refractivity contribution in [1.82, 2.24) is 9.97 Å². The van der Waals surface area contributed by atoms with Gasteiger partial charge in [-0.05, 0) is 0 Å². The Balaban J connectivity index is 3.18. The molecule has 120 valence electrons. The molecule has 0 aliphatic carbocycles. The number of ether oxygens (including phenoxy) is 1. The highest BCUT2D eigenvalue weighted by molar-refractivity contribution is 5.37. The van der Waals surface area contributed by atoms with Crippen molar-refractivity contribution in [3.8, 4) is 5.88 Å². The van der Waals surface area contributed by atoms with Crippen molar-refractivity contribution in [3.63, 3.8) is 0 Å². The highest BCUT2D eigenvalue weighted by Gasteiger charge is 2.59. The zero-order valence-corrected chi connectivity index (χ0v) is 10.9. The van der Waals surface area contributed by atoms with E-state index in [0.717, 1.165) is 6.07 Å². The lowest BCUT2D eigenvalue weighted by atomic mass is 10.2. The van der Waals surface area contributed by atoms with E-state index in [2.05, 4.69) is 14.7 Å². The van der Waals surface area contributed by atoms with Crippen LogP contribution in [0.3, 0.4) is 0 Å². The van der Waals surface area contributed by atoms with Gasteiger partial charge in [0.15, 0.2) is 0 Å². The van der Waals surface area contributed by atoms with Gasteiger partial charge in [0, 0.05) is 12.0 Å². The van der Waals surface area contributed by atoms with E-state index in [1.54, 1.807) is 13.8 Å². The third-order valence-electron chi connectivity index (χ3n) is 2.22. The Bertz CT molecular complexity index is 473. The maximum absolute atomic E-state index is 12.4. The fraction of sp³-hybridized carbons (Fsp3) is 0.600. The summed E-state index contributed by atoms with van der Waals surface area (Å²) in [6.07, 6.45) is -15.2. The summed E-state index contributed by atoms with van der Waals surface area (Å²) < 4.78 is 78.5. The van der Waals surface area contributed by atoms with Gasteiger partial charge in [0.2, 0.25) is 5.88 Å². The Hall–Kier alpha value is -1.78. The second-order valence-electron chi connectivity index (χ2n) is 4.33. The molecule has 0 spiro atoms. The lowest BCUT2D eigenvalue weighted by Gasteiger charge is -2.23. The molecule has 0 atom stereocenters. The minimum absolute atomic E-state index is 0.0106. The molecule has 0 aromatic carbocycles. The normalized spacial score (nSPS) is 12.9. The molecule has 1 heterocycles. The fourth-order valence-electron chi connectivity index (χ4n) is 1.28. The van der Waals surface area contributed by atoms with Crippen molar-refractivity contribution in [3.05, 3.63) is 11.9 Å². The average Bonchev–Trinajstić information content (AvgIpc) is 2.32. The van der Waals surface area contributed by atoms with Crippen molar-refractivity contribution in [2.24, 2.45) is 5.84 Å². The number of hydrogen-bond donors (Lipinski definition) is 2. The van der Waals surface area contributed by atoms with Gasteiger partial charge in [-0.3, -0.25) is 0 Å². The molecule has 0 unspecified atom stereocenters. The van der Waals surface area contributed by atoms with Gasteiger partial charge in [-0.25, -0.2) is 10.8 Å². The van der Waals surface area contributed by atoms with Gasteiger partial charge >= 0.3 is 12.4 Å². The Morgan fingerprint density at radius 1 is 1.10 bits per heavy atom. The molecular formula is C10H12F6N4O. The molecule has 1 aromatic heterocycles. The summed E-state index contributed by atoms with van der Waals surface area (Å²) in [5.41, 5.74) is 2.02. The Kier molecular flexibility index (Phi) is 4.87. The van der Waals surface area contributed by atoms with Crippen LogP contribution in [0.4, 0.5) is 32.2 Å². The fourth-order valence-corrected chi connectivity index (χ4v) is 1.28. The largest absolute Gasteiger partial charge is 0.455 e. The molecular weight excluding hydrogens is 306 g/mol. The average molecular weight is 318 g/mol. The maximum atomic E-state index is 12.4. The van der Waals surface area contributed by atoms with Crippen LogP contribution in [-0.4, -0.2) is 28.4 Å². The van der Waals surface area contributed by atoms with E-state index in [1.165, 1.54) is 0 Å². The van der Waals surface area contributed by atoms with E-state index < -0.39 is 24.3 Å². The van der Waals surface area contributed by atoms with Crippen LogP contribution in [0.2, 0.25) is 0 Å². The van der Waals surface area contributed by atoms with Crippen LogP contribution >= 0.6 is 0 Å². The summed E-state index contributed by atoms with van der Waals surface area (Å²) in [6.45, 7) is 3.20. The van der Waals surface area contributed by atoms with Crippen LogP contribution < -0.4 is 16.0 Å². The Morgan fingerprint density at radius 2 is 1.62 bits per heavy atom. The number of hydrazine groups is 1. The SMILES string of the molecule is CC(C)c1nc(NN)cc(OC(C(F)(F)F)C(F)(F)F)n1. The topological polar surface area (TPSA) is 73.1 Å². The van der Waals surface area contributed by atoms with E-state index in [1.807, 2.05) is 5.43 Å². The van der Waals surface area contributed by atoms with E-state index in [-0.39, 0.29) is 17.6 Å². The minimum atomic E-state index is -5.63. The lowest BCUT2D eigenvalue weighted by molar-refractivity contribution is -0.300. The second kappa shape index (κ2) is 5.92. The van der Waals surface area contributed by atoms with Crippen LogP contribution in [0.1, 0.15) is 25.6 Å². The number of nitrogen functional groups attached to an aromatic ring is 1. The number of nitrogens with zero attached hydrogens (tertiary/aromatic N) is 2. The number of alkyl halides is 6. The van der Waals surface area contributed by atoms with Crippen molar-refractivity contribution in [1.29, 1.82) is 0 Å². The maximum Gasteiger partial charge on any atom is 0.434 e. The molecule has 1 aromatic rings. The van der Waals surface area contributed by atoms with E-state index >= 15 is 0 Å². The lowest BCUT2D eigenvalue weighted by Crippen LogP contribution is -2.46. The monoisotopic (exact) mass is 318 g/mol. The van der Waals surface area contributed by atoms with Crippen LogP contribution in [0.25, 0.3) is 0 Å². The first-order chi connectivity index (χ1) is 9.45. The summed E-state index contributed by atoms with van der Waals surface area (Å²) in [6, 6.07) is 0.746. The quantitative estimate of drug-likeness (QED) is 0.507. The third-order valence-corrected chi connectivity index (χ3v) is 2.22. The first kappa shape index (κ1) is 17.3. The van der Waals surface area contributed by atoms with Gasteiger partial charge in [0.25, 0.3) is 6.10 Å². The van der Waals surface area contributed by atoms with Gasteiger partial charge < -0.3 is 10.2 Å². The summed E-state index contributed by atoms with van der Waals surface area (Å²) in [4.78, 5) is 7.31. The van der Waals surface area contributed by atoms with Crippen molar-refractivity contribution in [2.75, 3.05) is 5.43 Å². The number of halogens is 6. The van der Waals surface area contributed by atoms with E-state index in [4.69, 9.17) is 5.84 Å². The molecule has 0 fully saturated rings. The summed E-state index contributed by atoms with van der Waals surface area (Å²) in [7, 11) is 0. The first-order valence-electron chi connectivity index (χ1n) is 5.60. The van der Waals surface area contributed by atoms with Gasteiger partial charge in [0.1, 0.15) is 11.6 Å². The number of rotatable bonds is 4. The zero-order chi connectivity index (χ0) is 16.4. The molecule has 0 saturated heterocycles. The summed E-state index contributed by atoms with van der Waals surface area (Å²) in [5.74, 6) is 3.65. The molecule has 0 aliphatic rings. The van der Waals surface area contributed by atoms with Crippen molar-refractivity contribution < 1.29 is 31.1 Å². The van der Waals surface area contributed by atoms with Gasteiger partial charge in [0.05, 0.1) is 0 Å². The number of nitrogens with one attached hydrogen (secondary N) is 1. The predicted octanol–water partition coefficient (Wildman–Crippen LogP) is 2.76. The Morgan fingerprint density at radius 3 is 2.00 bits per heavy atom. The van der Waals surface area contributed by atoms with Crippen molar-refractivity contribution >= 4 is 5.82 Å². The molecule has 0 amide bonds. The molecule has 0 radical (unpaired) electrons. The molecule has 1 rings (SSSR count). The molecule has 0 aliphatic heterocycles. The first-order valence-corrected chi connectivity index (χ1v) is 5.60. The highest BCUT2D eigenvalue weighted by Crippen LogP contribution is 2.36. The molecule has 11 heteroatoms. The number of nitrogens with two attached hydrogens (primary N) is 1.